The number of nitrogens with zero attached hydrogens (tertiary/aromatic N) is 2. The number of amides is 1. The number of rotatable bonds is 9. The van der Waals surface area contributed by atoms with Crippen LogP contribution in [0.25, 0.3) is 5.57 Å². The number of morpholine rings is 1. The normalized spacial score (nSPS) is 15.6. The van der Waals surface area contributed by atoms with Crippen molar-refractivity contribution in [1.29, 1.82) is 5.26 Å². The molecule has 1 saturated heterocycles. The van der Waals surface area contributed by atoms with Gasteiger partial charge in [0, 0.05) is 45.5 Å². The van der Waals surface area contributed by atoms with Crippen LogP contribution in [0.2, 0.25) is 0 Å². The summed E-state index contributed by atoms with van der Waals surface area (Å²) in [6.45, 7) is 7.98. The summed E-state index contributed by atoms with van der Waals surface area (Å²) < 4.78 is 10.3. The van der Waals surface area contributed by atoms with Crippen molar-refractivity contribution in [2.75, 3.05) is 65.0 Å². The van der Waals surface area contributed by atoms with Gasteiger partial charge in [0.05, 0.1) is 19.8 Å². The molecule has 0 atom stereocenters. The predicted molar refractivity (Wildman–Crippen MR) is 105 cm³/mol. The number of nitrogens with one attached hydrogen (secondary N) is 2. The van der Waals surface area contributed by atoms with Crippen molar-refractivity contribution in [1.82, 2.24) is 10.2 Å². The van der Waals surface area contributed by atoms with E-state index in [1.807, 2.05) is 30.3 Å². The highest BCUT2D eigenvalue weighted by Crippen LogP contribution is 2.20. The number of benzene rings is 1. The lowest BCUT2D eigenvalue weighted by Gasteiger charge is -2.26. The Morgan fingerprint density at radius 1 is 1.26 bits per heavy atom. The minimum atomic E-state index is -0.375. The smallest absolute Gasteiger partial charge is 0.262 e. The SMILES string of the molecule is COCCNC(=O)/C(C#N)=C(\C)c1ccc(NCCN2CCOCC2)cc1. The van der Waals surface area contributed by atoms with Crippen LogP contribution >= 0.6 is 0 Å². The van der Waals surface area contributed by atoms with Gasteiger partial charge in [-0.15, -0.1) is 0 Å². The lowest BCUT2D eigenvalue weighted by molar-refractivity contribution is -0.117. The van der Waals surface area contributed by atoms with Gasteiger partial charge in [0.15, 0.2) is 0 Å². The Bertz CT molecular complexity index is 673. The molecule has 0 saturated carbocycles. The topological polar surface area (TPSA) is 86.6 Å². The summed E-state index contributed by atoms with van der Waals surface area (Å²) in [5, 5.41) is 15.4. The van der Waals surface area contributed by atoms with Crippen molar-refractivity contribution in [3.63, 3.8) is 0 Å². The molecule has 2 N–H and O–H groups in total. The largest absolute Gasteiger partial charge is 0.384 e. The van der Waals surface area contributed by atoms with Gasteiger partial charge < -0.3 is 20.1 Å². The van der Waals surface area contributed by atoms with E-state index in [0.717, 1.165) is 50.6 Å². The zero-order chi connectivity index (χ0) is 19.5. The first-order valence-corrected chi connectivity index (χ1v) is 9.18. The Hall–Kier alpha value is -2.40. The van der Waals surface area contributed by atoms with Gasteiger partial charge in [-0.05, 0) is 30.2 Å². The third-order valence-electron chi connectivity index (χ3n) is 4.48. The molecule has 0 unspecified atom stereocenters. The minimum absolute atomic E-state index is 0.124. The van der Waals surface area contributed by atoms with Crippen molar-refractivity contribution in [3.8, 4) is 6.07 Å². The standard InChI is InChI=1S/C20H28N4O3/c1-16(19(15-21)20(25)23-8-12-26-2)17-3-5-18(6-4-17)22-7-9-24-10-13-27-14-11-24/h3-6,22H,7-14H2,1-2H3,(H,23,25)/b19-16+. The van der Waals surface area contributed by atoms with Crippen LogP contribution in [0.1, 0.15) is 12.5 Å². The Labute approximate surface area is 160 Å². The van der Waals surface area contributed by atoms with Gasteiger partial charge in [-0.1, -0.05) is 12.1 Å². The third-order valence-corrected chi connectivity index (χ3v) is 4.48. The van der Waals surface area contributed by atoms with Gasteiger partial charge in [0.2, 0.25) is 0 Å². The molecule has 146 valence electrons. The molecular weight excluding hydrogens is 344 g/mol. The van der Waals surface area contributed by atoms with Gasteiger partial charge in [0.25, 0.3) is 5.91 Å². The van der Waals surface area contributed by atoms with E-state index in [1.165, 1.54) is 0 Å². The number of anilines is 1. The number of nitriles is 1. The molecule has 0 bridgehead atoms. The maximum Gasteiger partial charge on any atom is 0.262 e. The first kappa shape index (κ1) is 20.9. The fraction of sp³-hybridized carbons (Fsp3) is 0.500. The average molecular weight is 372 g/mol. The number of methoxy groups -OCH3 is 1. The fourth-order valence-electron chi connectivity index (χ4n) is 2.83. The van der Waals surface area contributed by atoms with Crippen molar-refractivity contribution in [2.45, 2.75) is 6.92 Å². The summed E-state index contributed by atoms with van der Waals surface area (Å²) in [7, 11) is 1.56. The summed E-state index contributed by atoms with van der Waals surface area (Å²) in [4.78, 5) is 14.5. The maximum absolute atomic E-state index is 12.1. The van der Waals surface area contributed by atoms with Crippen molar-refractivity contribution < 1.29 is 14.3 Å². The first-order valence-electron chi connectivity index (χ1n) is 9.18. The molecule has 1 fully saturated rings. The van der Waals surface area contributed by atoms with Crippen LogP contribution in [0.15, 0.2) is 29.8 Å². The molecule has 1 heterocycles. The lowest BCUT2D eigenvalue weighted by Crippen LogP contribution is -2.38. The second-order valence-corrected chi connectivity index (χ2v) is 6.32. The molecule has 1 aliphatic heterocycles. The average Bonchev–Trinajstić information content (AvgIpc) is 2.70. The van der Waals surface area contributed by atoms with Crippen LogP contribution in [0.5, 0.6) is 0 Å². The third kappa shape index (κ3) is 6.68. The van der Waals surface area contributed by atoms with Crippen LogP contribution < -0.4 is 10.6 Å². The molecule has 0 spiro atoms. The van der Waals surface area contributed by atoms with Crippen LogP contribution in [-0.4, -0.2) is 70.5 Å². The summed E-state index contributed by atoms with van der Waals surface area (Å²) in [5.74, 6) is -0.375. The molecule has 27 heavy (non-hydrogen) atoms. The van der Waals surface area contributed by atoms with Gasteiger partial charge in [-0.25, -0.2) is 0 Å². The second kappa shape index (κ2) is 11.3. The molecular formula is C20H28N4O3. The number of carbonyl (C=O) groups excluding carboxylic acids is 1. The number of carbonyl (C=O) groups is 1. The minimum Gasteiger partial charge on any atom is -0.384 e. The van der Waals surface area contributed by atoms with Crippen LogP contribution in [0.4, 0.5) is 5.69 Å². The zero-order valence-electron chi connectivity index (χ0n) is 16.1. The van der Waals surface area contributed by atoms with E-state index in [-0.39, 0.29) is 11.5 Å². The van der Waals surface area contributed by atoms with Gasteiger partial charge in [-0.3, -0.25) is 9.69 Å². The summed E-state index contributed by atoms with van der Waals surface area (Å²) in [6.07, 6.45) is 0. The Kier molecular flexibility index (Phi) is 8.78. The Morgan fingerprint density at radius 2 is 1.96 bits per heavy atom. The van der Waals surface area contributed by atoms with E-state index in [2.05, 4.69) is 15.5 Å². The van der Waals surface area contributed by atoms with Crippen LogP contribution in [0.3, 0.4) is 0 Å². The monoisotopic (exact) mass is 372 g/mol. The van der Waals surface area contributed by atoms with E-state index in [4.69, 9.17) is 9.47 Å². The zero-order valence-corrected chi connectivity index (χ0v) is 16.1. The second-order valence-electron chi connectivity index (χ2n) is 6.32. The number of hydrogen-bond acceptors (Lipinski definition) is 6. The Balaban J connectivity index is 1.91. The highest BCUT2D eigenvalue weighted by atomic mass is 16.5. The molecule has 7 heteroatoms. The number of ether oxygens (including phenoxy) is 2. The molecule has 0 aromatic heterocycles. The van der Waals surface area contributed by atoms with E-state index < -0.39 is 0 Å². The lowest BCUT2D eigenvalue weighted by atomic mass is 10.0. The van der Waals surface area contributed by atoms with Gasteiger partial charge >= 0.3 is 0 Å². The van der Waals surface area contributed by atoms with Gasteiger partial charge in [0.1, 0.15) is 11.6 Å². The van der Waals surface area contributed by atoms with E-state index in [0.29, 0.717) is 18.7 Å². The maximum atomic E-state index is 12.1. The van der Waals surface area contributed by atoms with E-state index >= 15 is 0 Å². The van der Waals surface area contributed by atoms with Crippen molar-refractivity contribution in [3.05, 3.63) is 35.4 Å². The molecule has 1 aromatic rings. The number of allylic oxidation sites excluding steroid dienone is 1. The van der Waals surface area contributed by atoms with E-state index in [9.17, 15) is 10.1 Å². The molecule has 1 amide bonds. The molecule has 0 aliphatic carbocycles. The van der Waals surface area contributed by atoms with Gasteiger partial charge in [-0.2, -0.15) is 5.26 Å². The van der Waals surface area contributed by atoms with Crippen molar-refractivity contribution >= 4 is 17.2 Å². The molecule has 1 aliphatic rings. The summed E-state index contributed by atoms with van der Waals surface area (Å²) in [5.41, 5.74) is 2.65. The summed E-state index contributed by atoms with van der Waals surface area (Å²) in [6, 6.07) is 9.79. The predicted octanol–water partition coefficient (Wildman–Crippen LogP) is 1.49. The number of hydrogen-bond donors (Lipinski definition) is 2. The fourth-order valence-corrected chi connectivity index (χ4v) is 2.83. The van der Waals surface area contributed by atoms with E-state index in [1.54, 1.807) is 14.0 Å². The highest BCUT2D eigenvalue weighted by Gasteiger charge is 2.13. The summed E-state index contributed by atoms with van der Waals surface area (Å²) >= 11 is 0. The molecule has 1 aromatic carbocycles. The molecule has 0 radical (unpaired) electrons. The van der Waals surface area contributed by atoms with Crippen molar-refractivity contribution in [2.24, 2.45) is 0 Å². The highest BCUT2D eigenvalue weighted by molar-refractivity contribution is 6.04. The quantitative estimate of drug-likeness (QED) is 0.388. The van der Waals surface area contributed by atoms with Crippen LogP contribution in [-0.2, 0) is 14.3 Å². The molecule has 7 nitrogen and oxygen atoms in total. The molecule has 2 rings (SSSR count). The first-order chi connectivity index (χ1) is 13.2. The Morgan fingerprint density at radius 3 is 2.59 bits per heavy atom. The van der Waals surface area contributed by atoms with Crippen LogP contribution in [0, 0.1) is 11.3 Å².